The predicted octanol–water partition coefficient (Wildman–Crippen LogP) is 4.66. The van der Waals surface area contributed by atoms with Crippen LogP contribution in [0.25, 0.3) is 0 Å². The van der Waals surface area contributed by atoms with Crippen LogP contribution >= 0.6 is 0 Å². The number of anilines is 2. The molecule has 1 saturated carbocycles. The fourth-order valence-corrected chi connectivity index (χ4v) is 5.26. The number of nitrogens with one attached hydrogen (secondary N) is 3. The summed E-state index contributed by atoms with van der Waals surface area (Å²) in [5, 5.41) is 18.4. The van der Waals surface area contributed by atoms with E-state index in [9.17, 15) is 23.9 Å². The smallest absolute Gasteiger partial charge is 0.323 e. The molecule has 41 heavy (non-hydrogen) atoms. The summed E-state index contributed by atoms with van der Waals surface area (Å²) in [7, 11) is 1.72. The largest absolute Gasteiger partial charge is 0.485 e. The molecule has 11 heteroatoms. The Hall–Kier alpha value is -3.86. The van der Waals surface area contributed by atoms with Gasteiger partial charge in [-0.3, -0.25) is 4.79 Å². The van der Waals surface area contributed by atoms with Gasteiger partial charge in [0.2, 0.25) is 0 Å². The fourth-order valence-electron chi connectivity index (χ4n) is 5.26. The highest BCUT2D eigenvalue weighted by atomic mass is 19.1. The van der Waals surface area contributed by atoms with Crippen LogP contribution < -0.4 is 20.7 Å². The highest BCUT2D eigenvalue weighted by Crippen LogP contribution is 2.35. The molecule has 0 spiro atoms. The number of halogens is 1. The molecular weight excluding hydrogens is 529 g/mol. The molecule has 0 unspecified atom stereocenters. The number of carbonyl (C=O) groups is 3. The molecular formula is C30H40FN5O5. The number of hydrogen-bond acceptors (Lipinski definition) is 5. The second kappa shape index (κ2) is 13.7. The minimum atomic E-state index is -0.600. The Labute approximate surface area is 240 Å². The molecule has 1 aliphatic heterocycles. The third-order valence-corrected chi connectivity index (χ3v) is 7.77. The normalized spacial score (nSPS) is 20.1. The first-order valence-corrected chi connectivity index (χ1v) is 14.2. The molecule has 3 atom stereocenters. The van der Waals surface area contributed by atoms with E-state index in [1.54, 1.807) is 42.0 Å². The second-order valence-corrected chi connectivity index (χ2v) is 11.1. The molecule has 222 valence electrons. The van der Waals surface area contributed by atoms with Crippen LogP contribution in [-0.2, 0) is 0 Å². The highest BCUT2D eigenvalue weighted by molar-refractivity contribution is 6.04. The van der Waals surface area contributed by atoms with E-state index in [0.717, 1.165) is 25.7 Å². The van der Waals surface area contributed by atoms with Crippen molar-refractivity contribution < 1.29 is 28.6 Å². The number of para-hydroxylation sites is 1. The van der Waals surface area contributed by atoms with Gasteiger partial charge in [-0.05, 0) is 56.2 Å². The highest BCUT2D eigenvalue weighted by Gasteiger charge is 2.35. The molecule has 5 amide bonds. The molecule has 1 aliphatic carbocycles. The first-order chi connectivity index (χ1) is 19.7. The van der Waals surface area contributed by atoms with Gasteiger partial charge in [0.15, 0.2) is 5.75 Å². The standard InChI is InChI=1S/C30H40FN5O5/c1-19-16-36(20(2)18-37)28(38)24-10-7-11-25(34-29(39)32-23-14-12-21(31)13-15-23)27(24)41-26(19)17-35(3)30(40)33-22-8-5-4-6-9-22/h7,10-15,19-20,22,26,37H,4-6,8-9,16-18H2,1-3H3,(H,33,40)(H2,32,34,39)/t19-,20+,26+/m1/s1. The van der Waals surface area contributed by atoms with E-state index in [1.807, 2.05) is 6.92 Å². The maximum atomic E-state index is 13.7. The minimum Gasteiger partial charge on any atom is -0.485 e. The van der Waals surface area contributed by atoms with Crippen LogP contribution in [0.3, 0.4) is 0 Å². The molecule has 0 aromatic heterocycles. The Bertz CT molecular complexity index is 1220. The first kappa shape index (κ1) is 30.1. The number of nitrogens with zero attached hydrogens (tertiary/aromatic N) is 2. The van der Waals surface area contributed by atoms with Crippen LogP contribution in [-0.4, -0.2) is 77.8 Å². The van der Waals surface area contributed by atoms with Crippen molar-refractivity contribution in [3.63, 3.8) is 0 Å². The van der Waals surface area contributed by atoms with E-state index >= 15 is 0 Å². The number of rotatable bonds is 7. The van der Waals surface area contributed by atoms with Gasteiger partial charge in [-0.25, -0.2) is 14.0 Å². The lowest BCUT2D eigenvalue weighted by molar-refractivity contribution is 0.0368. The third-order valence-electron chi connectivity index (χ3n) is 7.77. The molecule has 4 N–H and O–H groups in total. The third kappa shape index (κ3) is 7.66. The van der Waals surface area contributed by atoms with Gasteiger partial charge in [-0.2, -0.15) is 0 Å². The van der Waals surface area contributed by atoms with Crippen LogP contribution in [0.5, 0.6) is 5.75 Å². The summed E-state index contributed by atoms with van der Waals surface area (Å²) in [6.45, 7) is 4.03. The van der Waals surface area contributed by atoms with E-state index < -0.39 is 24.0 Å². The molecule has 1 heterocycles. The van der Waals surface area contributed by atoms with Crippen molar-refractivity contribution in [3.8, 4) is 5.75 Å². The fraction of sp³-hybridized carbons (Fsp3) is 0.500. The summed E-state index contributed by atoms with van der Waals surface area (Å²) >= 11 is 0. The monoisotopic (exact) mass is 569 g/mol. The lowest BCUT2D eigenvalue weighted by atomic mass is 9.96. The second-order valence-electron chi connectivity index (χ2n) is 11.1. The van der Waals surface area contributed by atoms with Crippen LogP contribution in [0, 0.1) is 11.7 Å². The lowest BCUT2D eigenvalue weighted by Crippen LogP contribution is -2.52. The number of carbonyl (C=O) groups excluding carboxylic acids is 3. The average molecular weight is 570 g/mol. The van der Waals surface area contributed by atoms with Gasteiger partial charge >= 0.3 is 12.1 Å². The molecule has 1 fully saturated rings. The quantitative estimate of drug-likeness (QED) is 0.386. The van der Waals surface area contributed by atoms with E-state index in [4.69, 9.17) is 4.74 Å². The van der Waals surface area contributed by atoms with Crippen molar-refractivity contribution in [3.05, 3.63) is 53.8 Å². The van der Waals surface area contributed by atoms with Crippen LogP contribution in [0.1, 0.15) is 56.3 Å². The van der Waals surface area contributed by atoms with Gasteiger partial charge in [0, 0.05) is 31.2 Å². The van der Waals surface area contributed by atoms with E-state index in [0.29, 0.717) is 12.2 Å². The zero-order chi connectivity index (χ0) is 29.5. The number of aliphatic hydroxyl groups is 1. The van der Waals surface area contributed by atoms with E-state index in [1.165, 1.54) is 30.7 Å². The van der Waals surface area contributed by atoms with Gasteiger partial charge in [0.1, 0.15) is 11.9 Å². The van der Waals surface area contributed by atoms with Crippen molar-refractivity contribution in [2.24, 2.45) is 5.92 Å². The Balaban J connectivity index is 1.59. The molecule has 10 nitrogen and oxygen atoms in total. The number of fused-ring (bicyclic) bond motifs is 1. The van der Waals surface area contributed by atoms with Gasteiger partial charge in [-0.1, -0.05) is 32.3 Å². The minimum absolute atomic E-state index is 0.157. The van der Waals surface area contributed by atoms with Crippen LogP contribution in [0.15, 0.2) is 42.5 Å². The van der Waals surface area contributed by atoms with Crippen molar-refractivity contribution in [2.45, 2.75) is 64.1 Å². The van der Waals surface area contributed by atoms with Gasteiger partial charge in [0.25, 0.3) is 5.91 Å². The molecule has 2 aromatic carbocycles. The van der Waals surface area contributed by atoms with Gasteiger partial charge in [0.05, 0.1) is 30.4 Å². The molecule has 2 aliphatic rings. The average Bonchev–Trinajstić information content (AvgIpc) is 2.96. The molecule has 4 rings (SSSR count). The molecule has 0 radical (unpaired) electrons. The predicted molar refractivity (Wildman–Crippen MR) is 155 cm³/mol. The van der Waals surface area contributed by atoms with Crippen LogP contribution in [0.2, 0.25) is 0 Å². The number of hydrogen-bond donors (Lipinski definition) is 4. The summed E-state index contributed by atoms with van der Waals surface area (Å²) in [5.74, 6) is -0.795. The Morgan fingerprint density at radius 3 is 2.51 bits per heavy atom. The lowest BCUT2D eigenvalue weighted by Gasteiger charge is -2.38. The van der Waals surface area contributed by atoms with Crippen molar-refractivity contribution in [1.29, 1.82) is 0 Å². The van der Waals surface area contributed by atoms with Crippen molar-refractivity contribution in [1.82, 2.24) is 15.1 Å². The number of benzene rings is 2. The van der Waals surface area contributed by atoms with Gasteiger partial charge < -0.3 is 35.6 Å². The number of amides is 5. The maximum Gasteiger partial charge on any atom is 0.323 e. The van der Waals surface area contributed by atoms with Crippen LogP contribution in [0.4, 0.5) is 25.4 Å². The summed E-state index contributed by atoms with van der Waals surface area (Å²) in [5.41, 5.74) is 0.885. The number of ether oxygens (including phenoxy) is 1. The maximum absolute atomic E-state index is 13.7. The zero-order valence-corrected chi connectivity index (χ0v) is 23.9. The number of urea groups is 2. The van der Waals surface area contributed by atoms with E-state index in [2.05, 4.69) is 16.0 Å². The Kier molecular flexibility index (Phi) is 10.0. The topological polar surface area (TPSA) is 123 Å². The number of likely N-dealkylation sites (N-methyl/N-ethyl adjacent to an activating group) is 1. The SMILES string of the molecule is C[C@@H]1CN([C@@H](C)CO)C(=O)c2cccc(NC(=O)Nc3ccc(F)cc3)c2O[C@H]1CN(C)C(=O)NC1CCCCC1. The van der Waals surface area contributed by atoms with Crippen molar-refractivity contribution in [2.75, 3.05) is 37.4 Å². The zero-order valence-electron chi connectivity index (χ0n) is 23.9. The van der Waals surface area contributed by atoms with E-state index in [-0.39, 0.29) is 54.1 Å². The first-order valence-electron chi connectivity index (χ1n) is 14.2. The summed E-state index contributed by atoms with van der Waals surface area (Å²) in [6, 6.07) is 9.14. The van der Waals surface area contributed by atoms with Crippen molar-refractivity contribution >= 4 is 29.3 Å². The molecule has 2 aromatic rings. The Morgan fingerprint density at radius 1 is 1.12 bits per heavy atom. The summed E-state index contributed by atoms with van der Waals surface area (Å²) in [6.07, 6.45) is 4.80. The summed E-state index contributed by atoms with van der Waals surface area (Å²) < 4.78 is 19.7. The van der Waals surface area contributed by atoms with Gasteiger partial charge in [-0.15, -0.1) is 0 Å². The molecule has 0 saturated heterocycles. The summed E-state index contributed by atoms with van der Waals surface area (Å²) in [4.78, 5) is 42.7. The molecule has 0 bridgehead atoms. The number of aliphatic hydroxyl groups excluding tert-OH is 1. The Morgan fingerprint density at radius 2 is 1.83 bits per heavy atom.